The van der Waals surface area contributed by atoms with E-state index in [1.54, 1.807) is 0 Å². The monoisotopic (exact) mass is 278 g/mol. The fourth-order valence-electron chi connectivity index (χ4n) is 2.13. The zero-order valence-corrected chi connectivity index (χ0v) is 12.7. The van der Waals surface area contributed by atoms with Crippen molar-refractivity contribution in [1.29, 1.82) is 0 Å². The van der Waals surface area contributed by atoms with E-state index in [0.717, 1.165) is 32.7 Å². The van der Waals surface area contributed by atoms with Crippen LogP contribution in [-0.2, 0) is 10.2 Å². The molecule has 2 N–H and O–H groups in total. The van der Waals surface area contributed by atoms with E-state index in [1.165, 1.54) is 7.05 Å². The van der Waals surface area contributed by atoms with Crippen LogP contribution in [0, 0.1) is 0 Å². The van der Waals surface area contributed by atoms with Crippen LogP contribution in [0.15, 0.2) is 0 Å². The summed E-state index contributed by atoms with van der Waals surface area (Å²) >= 11 is 0. The van der Waals surface area contributed by atoms with Crippen molar-refractivity contribution in [2.75, 3.05) is 46.3 Å². The molecule has 7 heteroatoms. The van der Waals surface area contributed by atoms with Crippen molar-refractivity contribution in [3.63, 3.8) is 0 Å². The molecule has 1 aliphatic heterocycles. The van der Waals surface area contributed by atoms with Gasteiger partial charge in [-0.1, -0.05) is 6.92 Å². The molecule has 0 spiro atoms. The summed E-state index contributed by atoms with van der Waals surface area (Å²) in [6.45, 7) is 11.9. The van der Waals surface area contributed by atoms with Gasteiger partial charge in [-0.15, -0.1) is 0 Å². The molecule has 0 unspecified atom stereocenters. The topological polar surface area (TPSA) is 64.7 Å². The first-order valence-electron chi connectivity index (χ1n) is 6.46. The lowest BCUT2D eigenvalue weighted by molar-refractivity contribution is 0.0571. The van der Waals surface area contributed by atoms with E-state index in [2.05, 4.69) is 40.0 Å². The van der Waals surface area contributed by atoms with Crippen LogP contribution in [0.1, 0.15) is 20.8 Å². The first-order chi connectivity index (χ1) is 8.30. The Morgan fingerprint density at radius 2 is 1.72 bits per heavy atom. The number of piperazine rings is 1. The maximum Gasteiger partial charge on any atom is 0.276 e. The Labute approximate surface area is 111 Å². The maximum absolute atomic E-state index is 11.4. The molecule has 1 heterocycles. The van der Waals surface area contributed by atoms with Gasteiger partial charge in [-0.3, -0.25) is 4.90 Å². The molecule has 0 aromatic rings. The van der Waals surface area contributed by atoms with Gasteiger partial charge in [-0.25, -0.2) is 9.44 Å². The number of rotatable bonds is 6. The van der Waals surface area contributed by atoms with Crippen molar-refractivity contribution < 1.29 is 8.42 Å². The van der Waals surface area contributed by atoms with Crippen LogP contribution in [0.4, 0.5) is 0 Å². The molecule has 18 heavy (non-hydrogen) atoms. The molecule has 0 aromatic carbocycles. The molecule has 0 aliphatic carbocycles. The van der Waals surface area contributed by atoms with E-state index >= 15 is 0 Å². The standard InChI is InChI=1S/C11H26N4O2S/c1-5-14-6-8-15(9-7-14)11(2,3)10-13-18(16,17)12-4/h12-13H,5-10H2,1-4H3. The van der Waals surface area contributed by atoms with Crippen LogP contribution in [0.3, 0.4) is 0 Å². The number of nitrogens with zero attached hydrogens (tertiary/aromatic N) is 2. The molecule has 1 rings (SSSR count). The molecule has 1 aliphatic rings. The van der Waals surface area contributed by atoms with Gasteiger partial charge in [0.15, 0.2) is 0 Å². The van der Waals surface area contributed by atoms with Gasteiger partial charge in [-0.2, -0.15) is 8.42 Å². The normalized spacial score (nSPS) is 20.2. The minimum absolute atomic E-state index is 0.163. The molecule has 1 fully saturated rings. The van der Waals surface area contributed by atoms with Gasteiger partial charge in [0.25, 0.3) is 10.2 Å². The van der Waals surface area contributed by atoms with Gasteiger partial charge in [0.2, 0.25) is 0 Å². The minimum atomic E-state index is -3.34. The lowest BCUT2D eigenvalue weighted by Gasteiger charge is -2.43. The number of nitrogens with one attached hydrogen (secondary N) is 2. The minimum Gasteiger partial charge on any atom is -0.301 e. The average molecular weight is 278 g/mol. The predicted octanol–water partition coefficient (Wildman–Crippen LogP) is -0.544. The first kappa shape index (κ1) is 15.8. The van der Waals surface area contributed by atoms with Crippen LogP contribution >= 0.6 is 0 Å². The van der Waals surface area contributed by atoms with Crippen molar-refractivity contribution in [1.82, 2.24) is 19.2 Å². The molecule has 1 saturated heterocycles. The predicted molar refractivity (Wildman–Crippen MR) is 73.7 cm³/mol. The van der Waals surface area contributed by atoms with Crippen molar-refractivity contribution >= 4 is 10.2 Å². The smallest absolute Gasteiger partial charge is 0.276 e. The summed E-state index contributed by atoms with van der Waals surface area (Å²) in [6, 6.07) is 0. The van der Waals surface area contributed by atoms with Gasteiger partial charge in [0.05, 0.1) is 0 Å². The molecule has 6 nitrogen and oxygen atoms in total. The van der Waals surface area contributed by atoms with E-state index in [-0.39, 0.29) is 5.54 Å². The van der Waals surface area contributed by atoms with E-state index in [1.807, 2.05) is 0 Å². The van der Waals surface area contributed by atoms with E-state index in [0.29, 0.717) is 6.54 Å². The molecule has 0 bridgehead atoms. The highest BCUT2D eigenvalue weighted by atomic mass is 32.2. The third-order valence-corrected chi connectivity index (χ3v) is 4.70. The maximum atomic E-state index is 11.4. The molecule has 0 aromatic heterocycles. The number of hydrogen-bond acceptors (Lipinski definition) is 4. The summed E-state index contributed by atoms with van der Waals surface area (Å²) in [7, 11) is -1.93. The molecule has 0 amide bonds. The van der Waals surface area contributed by atoms with Gasteiger partial charge in [-0.05, 0) is 20.4 Å². The second-order valence-electron chi connectivity index (χ2n) is 5.26. The molecule has 0 atom stereocenters. The quantitative estimate of drug-likeness (QED) is 0.685. The second-order valence-corrected chi connectivity index (χ2v) is 6.97. The van der Waals surface area contributed by atoms with Crippen LogP contribution in [0.2, 0.25) is 0 Å². The Bertz CT molecular complexity index is 348. The highest BCUT2D eigenvalue weighted by molar-refractivity contribution is 7.87. The van der Waals surface area contributed by atoms with Crippen molar-refractivity contribution in [3.8, 4) is 0 Å². The van der Waals surface area contributed by atoms with Crippen molar-refractivity contribution in [3.05, 3.63) is 0 Å². The summed E-state index contributed by atoms with van der Waals surface area (Å²) in [6.07, 6.45) is 0. The van der Waals surface area contributed by atoms with Crippen LogP contribution < -0.4 is 9.44 Å². The van der Waals surface area contributed by atoms with Crippen molar-refractivity contribution in [2.24, 2.45) is 0 Å². The Balaban J connectivity index is 2.49. The summed E-state index contributed by atoms with van der Waals surface area (Å²) in [5, 5.41) is 0. The van der Waals surface area contributed by atoms with E-state index in [4.69, 9.17) is 0 Å². The SMILES string of the molecule is CCN1CCN(C(C)(C)CNS(=O)(=O)NC)CC1. The van der Waals surface area contributed by atoms with E-state index < -0.39 is 10.2 Å². The van der Waals surface area contributed by atoms with Crippen LogP contribution in [-0.4, -0.2) is 70.1 Å². The number of hydrogen-bond donors (Lipinski definition) is 2. The molecule has 108 valence electrons. The van der Waals surface area contributed by atoms with E-state index in [9.17, 15) is 8.42 Å². The van der Waals surface area contributed by atoms with Gasteiger partial charge in [0, 0.05) is 45.3 Å². The molecule has 0 saturated carbocycles. The highest BCUT2D eigenvalue weighted by Gasteiger charge is 2.30. The average Bonchev–Trinajstić information content (AvgIpc) is 2.37. The summed E-state index contributed by atoms with van der Waals surface area (Å²) in [4.78, 5) is 4.75. The Hall–Kier alpha value is -0.210. The lowest BCUT2D eigenvalue weighted by atomic mass is 10.0. The fraction of sp³-hybridized carbons (Fsp3) is 1.00. The fourth-order valence-corrected chi connectivity index (χ4v) is 2.81. The molecule has 0 radical (unpaired) electrons. The number of likely N-dealkylation sites (N-methyl/N-ethyl adjacent to an activating group) is 1. The Kier molecular flexibility index (Phi) is 5.54. The molecular weight excluding hydrogens is 252 g/mol. The molecular formula is C11H26N4O2S. The van der Waals surface area contributed by atoms with Crippen LogP contribution in [0.25, 0.3) is 0 Å². The summed E-state index contributed by atoms with van der Waals surface area (Å²) in [5.74, 6) is 0. The van der Waals surface area contributed by atoms with Gasteiger partial charge >= 0.3 is 0 Å². The highest BCUT2D eigenvalue weighted by Crippen LogP contribution is 2.16. The summed E-state index contributed by atoms with van der Waals surface area (Å²) < 4.78 is 27.6. The zero-order chi connectivity index (χ0) is 13.8. The zero-order valence-electron chi connectivity index (χ0n) is 11.9. The lowest BCUT2D eigenvalue weighted by Crippen LogP contribution is -2.58. The van der Waals surface area contributed by atoms with Gasteiger partial charge in [0.1, 0.15) is 0 Å². The third kappa shape index (κ3) is 4.47. The van der Waals surface area contributed by atoms with Gasteiger partial charge < -0.3 is 4.90 Å². The summed E-state index contributed by atoms with van der Waals surface area (Å²) in [5.41, 5.74) is -0.163. The largest absolute Gasteiger partial charge is 0.301 e. The third-order valence-electron chi connectivity index (χ3n) is 3.64. The second kappa shape index (κ2) is 6.29. The first-order valence-corrected chi connectivity index (χ1v) is 7.94. The Morgan fingerprint density at radius 1 is 1.17 bits per heavy atom. The Morgan fingerprint density at radius 3 is 2.17 bits per heavy atom. The van der Waals surface area contributed by atoms with Crippen molar-refractivity contribution in [2.45, 2.75) is 26.3 Å². The van der Waals surface area contributed by atoms with Crippen LogP contribution in [0.5, 0.6) is 0 Å².